The summed E-state index contributed by atoms with van der Waals surface area (Å²) in [5.74, 6) is -0.241. The number of hydrogen-bond acceptors (Lipinski definition) is 5. The average molecular weight is 454 g/mol. The van der Waals surface area contributed by atoms with Gasteiger partial charge in [-0.05, 0) is 62.1 Å². The van der Waals surface area contributed by atoms with Gasteiger partial charge < -0.3 is 5.32 Å². The number of aromatic nitrogens is 3. The largest absolute Gasteiger partial charge is 0.350 e. The molecule has 1 aliphatic rings. The van der Waals surface area contributed by atoms with Gasteiger partial charge in [-0.15, -0.1) is 0 Å². The number of carbonyl (C=O) groups is 1. The number of hydrogen-bond donors (Lipinski definition) is 1. The van der Waals surface area contributed by atoms with Gasteiger partial charge in [0.2, 0.25) is 10.0 Å². The Labute approximate surface area is 188 Å². The predicted molar refractivity (Wildman–Crippen MR) is 122 cm³/mol. The molecule has 0 saturated carbocycles. The summed E-state index contributed by atoms with van der Waals surface area (Å²) in [4.78, 5) is 16.8. The van der Waals surface area contributed by atoms with Gasteiger partial charge >= 0.3 is 0 Å². The molecule has 0 bridgehead atoms. The summed E-state index contributed by atoms with van der Waals surface area (Å²) in [6.45, 7) is 1.01. The van der Waals surface area contributed by atoms with Crippen LogP contribution in [0.5, 0.6) is 0 Å². The van der Waals surface area contributed by atoms with Crippen LogP contribution in [-0.2, 0) is 29.4 Å². The molecule has 1 aliphatic carbocycles. The van der Waals surface area contributed by atoms with E-state index < -0.39 is 10.0 Å². The van der Waals surface area contributed by atoms with E-state index in [1.165, 1.54) is 49.6 Å². The lowest BCUT2D eigenvalue weighted by molar-refractivity contribution is 0.0951. The van der Waals surface area contributed by atoms with Gasteiger partial charge in [0.25, 0.3) is 5.91 Å². The molecular weight excluding hydrogens is 426 g/mol. The second-order valence-corrected chi connectivity index (χ2v) is 10.2. The van der Waals surface area contributed by atoms with E-state index in [0.29, 0.717) is 18.7 Å². The number of pyridine rings is 1. The Bertz CT molecular complexity index is 1200. The van der Waals surface area contributed by atoms with Gasteiger partial charge in [-0.1, -0.05) is 0 Å². The standard InChI is InChI=1S/C23H27N5O3S/c1-27(2)32(30,31)19-9-7-18(8-10-19)23(29)25-15-16-28-21-6-4-3-5-20(21)22(26-28)17-11-13-24-14-12-17/h7-14H,3-6,15-16H2,1-2H3,(H,25,29). The number of benzene rings is 1. The van der Waals surface area contributed by atoms with E-state index in [1.807, 2.05) is 16.8 Å². The maximum Gasteiger partial charge on any atom is 0.251 e. The maximum atomic E-state index is 12.5. The summed E-state index contributed by atoms with van der Waals surface area (Å²) < 4.78 is 27.5. The summed E-state index contributed by atoms with van der Waals surface area (Å²) in [5, 5.41) is 7.77. The van der Waals surface area contributed by atoms with Crippen LogP contribution in [-0.4, -0.2) is 54.0 Å². The minimum Gasteiger partial charge on any atom is -0.350 e. The van der Waals surface area contributed by atoms with E-state index in [1.54, 1.807) is 12.4 Å². The van der Waals surface area contributed by atoms with E-state index in [0.717, 1.165) is 41.2 Å². The third kappa shape index (κ3) is 4.44. The quantitative estimate of drug-likeness (QED) is 0.593. The van der Waals surface area contributed by atoms with E-state index in [-0.39, 0.29) is 10.8 Å². The Balaban J connectivity index is 1.44. The fourth-order valence-electron chi connectivity index (χ4n) is 3.96. The molecule has 0 aliphatic heterocycles. The van der Waals surface area contributed by atoms with Gasteiger partial charge in [-0.3, -0.25) is 14.5 Å². The zero-order chi connectivity index (χ0) is 22.7. The molecule has 0 spiro atoms. The van der Waals surface area contributed by atoms with Crippen LogP contribution in [0.1, 0.15) is 34.5 Å². The van der Waals surface area contributed by atoms with Crippen LogP contribution < -0.4 is 5.32 Å². The van der Waals surface area contributed by atoms with Gasteiger partial charge in [0.1, 0.15) is 0 Å². The van der Waals surface area contributed by atoms with Crippen molar-refractivity contribution in [1.82, 2.24) is 24.4 Å². The van der Waals surface area contributed by atoms with Crippen LogP contribution in [0.3, 0.4) is 0 Å². The Hall–Kier alpha value is -3.04. The lowest BCUT2D eigenvalue weighted by atomic mass is 9.94. The summed E-state index contributed by atoms with van der Waals surface area (Å²) in [6.07, 6.45) is 7.86. The maximum absolute atomic E-state index is 12.5. The van der Waals surface area contributed by atoms with Gasteiger partial charge in [0, 0.05) is 55.4 Å². The number of carbonyl (C=O) groups excluding carboxylic acids is 1. The van der Waals surface area contributed by atoms with E-state index >= 15 is 0 Å². The van der Waals surface area contributed by atoms with Gasteiger partial charge in [-0.25, -0.2) is 12.7 Å². The highest BCUT2D eigenvalue weighted by atomic mass is 32.2. The van der Waals surface area contributed by atoms with Crippen molar-refractivity contribution in [2.75, 3.05) is 20.6 Å². The van der Waals surface area contributed by atoms with E-state index in [9.17, 15) is 13.2 Å². The zero-order valence-electron chi connectivity index (χ0n) is 18.3. The number of rotatable bonds is 7. The second-order valence-electron chi connectivity index (χ2n) is 8.01. The number of nitrogens with zero attached hydrogens (tertiary/aromatic N) is 4. The minimum absolute atomic E-state index is 0.158. The van der Waals surface area contributed by atoms with Crippen molar-refractivity contribution >= 4 is 15.9 Å². The van der Waals surface area contributed by atoms with Crippen molar-refractivity contribution in [3.05, 3.63) is 65.6 Å². The molecule has 1 N–H and O–H groups in total. The first-order valence-electron chi connectivity index (χ1n) is 10.7. The monoisotopic (exact) mass is 453 g/mol. The first-order chi connectivity index (χ1) is 15.4. The third-order valence-electron chi connectivity index (χ3n) is 5.71. The Kier molecular flexibility index (Phi) is 6.38. The highest BCUT2D eigenvalue weighted by molar-refractivity contribution is 7.89. The topological polar surface area (TPSA) is 97.2 Å². The van der Waals surface area contributed by atoms with E-state index in [4.69, 9.17) is 5.10 Å². The lowest BCUT2D eigenvalue weighted by Crippen LogP contribution is -2.28. The molecule has 4 rings (SSSR count). The summed E-state index contributed by atoms with van der Waals surface area (Å²) in [7, 11) is -0.563. The first-order valence-corrected chi connectivity index (χ1v) is 12.1. The molecule has 8 nitrogen and oxygen atoms in total. The van der Waals surface area contributed by atoms with Crippen LogP contribution in [0.25, 0.3) is 11.3 Å². The normalized spacial score (nSPS) is 13.7. The Morgan fingerprint density at radius 1 is 1.06 bits per heavy atom. The number of amides is 1. The highest BCUT2D eigenvalue weighted by Gasteiger charge is 2.22. The molecule has 3 aromatic rings. The molecular formula is C23H27N5O3S. The zero-order valence-corrected chi connectivity index (χ0v) is 19.1. The molecule has 9 heteroatoms. The molecule has 168 valence electrons. The SMILES string of the molecule is CN(C)S(=O)(=O)c1ccc(C(=O)NCCn2nc(-c3ccncc3)c3c2CCCC3)cc1. The Morgan fingerprint density at radius 2 is 1.75 bits per heavy atom. The molecule has 0 radical (unpaired) electrons. The van der Waals surface area contributed by atoms with Gasteiger partial charge in [-0.2, -0.15) is 5.10 Å². The molecule has 1 aromatic carbocycles. The third-order valence-corrected chi connectivity index (χ3v) is 7.54. The molecule has 0 fully saturated rings. The smallest absolute Gasteiger partial charge is 0.251 e. The number of nitrogens with one attached hydrogen (secondary N) is 1. The molecule has 2 heterocycles. The van der Waals surface area contributed by atoms with Crippen molar-refractivity contribution in [2.45, 2.75) is 37.1 Å². The average Bonchev–Trinajstić information content (AvgIpc) is 3.18. The van der Waals surface area contributed by atoms with Crippen molar-refractivity contribution in [3.8, 4) is 11.3 Å². The van der Waals surface area contributed by atoms with Crippen molar-refractivity contribution in [2.24, 2.45) is 0 Å². The molecule has 0 atom stereocenters. The van der Waals surface area contributed by atoms with Crippen molar-refractivity contribution in [3.63, 3.8) is 0 Å². The first kappa shape index (κ1) is 22.2. The van der Waals surface area contributed by atoms with Crippen LogP contribution >= 0.6 is 0 Å². The Morgan fingerprint density at radius 3 is 2.44 bits per heavy atom. The fraction of sp³-hybridized carbons (Fsp3) is 0.348. The summed E-state index contributed by atoms with van der Waals surface area (Å²) in [5.41, 5.74) is 5.03. The molecule has 2 aromatic heterocycles. The van der Waals surface area contributed by atoms with Crippen LogP contribution in [0.4, 0.5) is 0 Å². The molecule has 32 heavy (non-hydrogen) atoms. The molecule has 1 amide bonds. The summed E-state index contributed by atoms with van der Waals surface area (Å²) in [6, 6.07) is 9.92. The number of fused-ring (bicyclic) bond motifs is 1. The minimum atomic E-state index is -3.52. The van der Waals surface area contributed by atoms with Crippen molar-refractivity contribution < 1.29 is 13.2 Å². The second kappa shape index (κ2) is 9.22. The fourth-order valence-corrected chi connectivity index (χ4v) is 4.87. The van der Waals surface area contributed by atoms with Crippen LogP contribution in [0.15, 0.2) is 53.7 Å². The summed E-state index contributed by atoms with van der Waals surface area (Å²) >= 11 is 0. The van der Waals surface area contributed by atoms with Gasteiger partial charge in [0.15, 0.2) is 0 Å². The van der Waals surface area contributed by atoms with Gasteiger partial charge in [0.05, 0.1) is 17.1 Å². The van der Waals surface area contributed by atoms with Crippen LogP contribution in [0.2, 0.25) is 0 Å². The number of sulfonamides is 1. The molecule has 0 unspecified atom stereocenters. The predicted octanol–water partition coefficient (Wildman–Crippen LogP) is 2.50. The van der Waals surface area contributed by atoms with Crippen LogP contribution in [0, 0.1) is 0 Å². The van der Waals surface area contributed by atoms with E-state index in [2.05, 4.69) is 10.3 Å². The lowest BCUT2D eigenvalue weighted by Gasteiger charge is -2.14. The highest BCUT2D eigenvalue weighted by Crippen LogP contribution is 2.30. The van der Waals surface area contributed by atoms with Crippen molar-refractivity contribution in [1.29, 1.82) is 0 Å². The molecule has 0 saturated heterocycles.